The lowest BCUT2D eigenvalue weighted by atomic mass is 10.2. The molecular weight excluding hydrogens is 441 g/mol. The molecule has 2 aromatic carbocycles. The van der Waals surface area contributed by atoms with Crippen molar-refractivity contribution in [3.8, 4) is 0 Å². The molecule has 0 saturated heterocycles. The molecule has 0 aliphatic carbocycles. The molecule has 1 N–H and O–H groups in total. The normalized spacial score (nSPS) is 10.6. The van der Waals surface area contributed by atoms with Gasteiger partial charge in [0.2, 0.25) is 0 Å². The number of nitrogens with one attached hydrogen (secondary N) is 1. The number of thioether (sulfide) groups is 1. The largest absolute Gasteiger partial charge is 0.322 e. The van der Waals surface area contributed by atoms with E-state index in [2.05, 4.69) is 5.32 Å². The first-order valence-electron chi connectivity index (χ1n) is 6.17. The van der Waals surface area contributed by atoms with Crippen molar-refractivity contribution in [2.24, 2.45) is 0 Å². The summed E-state index contributed by atoms with van der Waals surface area (Å²) in [5, 5.41) is 13.4. The third kappa shape index (κ3) is 4.86. The molecule has 2 aromatic rings. The maximum absolute atomic E-state index is 12.2. The molecule has 0 heterocycles. The number of hydrogen-bond acceptors (Lipinski definition) is 4. The van der Waals surface area contributed by atoms with Crippen LogP contribution in [0, 0.1) is 13.7 Å². The Labute approximate surface area is 147 Å². The van der Waals surface area contributed by atoms with E-state index in [-0.39, 0.29) is 11.3 Å². The Morgan fingerprint density at radius 2 is 1.87 bits per heavy atom. The van der Waals surface area contributed by atoms with Gasteiger partial charge in [-0.1, -0.05) is 11.8 Å². The molecule has 120 valence electrons. The zero-order valence-corrected chi connectivity index (χ0v) is 14.3. The minimum Gasteiger partial charge on any atom is -0.322 e. The molecule has 2 rings (SSSR count). The number of non-ortho nitro benzene ring substituents is 1. The molecule has 0 spiro atoms. The third-order valence-corrected chi connectivity index (χ3v) is 4.41. The van der Waals surface area contributed by atoms with Crippen molar-refractivity contribution < 1.29 is 18.5 Å². The second-order valence-corrected chi connectivity index (χ2v) is 6.50. The van der Waals surface area contributed by atoms with Gasteiger partial charge < -0.3 is 5.32 Å². The van der Waals surface area contributed by atoms with Gasteiger partial charge in [0, 0.05) is 26.3 Å². The fraction of sp³-hybridized carbons (Fsp3) is 0.0714. The lowest BCUT2D eigenvalue weighted by Gasteiger charge is -2.08. The van der Waals surface area contributed by atoms with Gasteiger partial charge in [-0.05, 0) is 52.9 Å². The summed E-state index contributed by atoms with van der Waals surface area (Å²) in [6.07, 6.45) is 0. The molecule has 5 nitrogen and oxygen atoms in total. The van der Waals surface area contributed by atoms with Crippen molar-refractivity contribution in [2.75, 3.05) is 5.32 Å². The quantitative estimate of drug-likeness (QED) is 0.309. The SMILES string of the molecule is O=C(Nc1ccc(SC(F)F)cc1)c1cc([N+](=O)[O-])ccc1I. The van der Waals surface area contributed by atoms with Crippen molar-refractivity contribution in [3.63, 3.8) is 0 Å². The standard InChI is InChI=1S/C14H9F2IN2O3S/c15-14(16)23-10-4-1-8(2-5-10)18-13(20)11-7-9(19(21)22)3-6-12(11)17/h1-7,14H,(H,18,20). The van der Waals surface area contributed by atoms with Crippen LogP contribution in [0.3, 0.4) is 0 Å². The number of alkyl halides is 2. The minimum absolute atomic E-state index is 0.172. The van der Waals surface area contributed by atoms with Crippen LogP contribution in [0.5, 0.6) is 0 Å². The lowest BCUT2D eigenvalue weighted by molar-refractivity contribution is -0.384. The van der Waals surface area contributed by atoms with Crippen molar-refractivity contribution >= 4 is 51.6 Å². The van der Waals surface area contributed by atoms with Gasteiger partial charge in [0.05, 0.1) is 10.5 Å². The first-order valence-corrected chi connectivity index (χ1v) is 8.13. The fourth-order valence-electron chi connectivity index (χ4n) is 1.72. The van der Waals surface area contributed by atoms with Gasteiger partial charge in [-0.15, -0.1) is 0 Å². The van der Waals surface area contributed by atoms with E-state index in [1.165, 1.54) is 42.5 Å². The first-order chi connectivity index (χ1) is 10.9. The van der Waals surface area contributed by atoms with Gasteiger partial charge in [0.15, 0.2) is 0 Å². The Bertz CT molecular complexity index is 741. The van der Waals surface area contributed by atoms with Crippen LogP contribution in [0.2, 0.25) is 0 Å². The maximum atomic E-state index is 12.2. The van der Waals surface area contributed by atoms with Crippen LogP contribution < -0.4 is 5.32 Å². The van der Waals surface area contributed by atoms with Crippen LogP contribution in [-0.2, 0) is 0 Å². The number of nitro groups is 1. The van der Waals surface area contributed by atoms with Crippen molar-refractivity contribution in [2.45, 2.75) is 10.7 Å². The minimum atomic E-state index is -2.51. The number of carbonyl (C=O) groups excluding carboxylic acids is 1. The number of benzene rings is 2. The number of carbonyl (C=O) groups is 1. The summed E-state index contributed by atoms with van der Waals surface area (Å²) in [4.78, 5) is 22.8. The van der Waals surface area contributed by atoms with E-state index in [1.54, 1.807) is 0 Å². The second kappa shape index (κ2) is 7.68. The molecule has 0 aromatic heterocycles. The summed E-state index contributed by atoms with van der Waals surface area (Å²) in [5.74, 6) is -3.02. The molecule has 0 fully saturated rings. The summed E-state index contributed by atoms with van der Waals surface area (Å²) >= 11 is 2.31. The van der Waals surface area contributed by atoms with E-state index < -0.39 is 16.6 Å². The first kappa shape index (κ1) is 17.6. The molecule has 0 aliphatic rings. The van der Waals surface area contributed by atoms with Crippen LogP contribution >= 0.6 is 34.4 Å². The average Bonchev–Trinajstić information content (AvgIpc) is 2.48. The fourth-order valence-corrected chi connectivity index (χ4v) is 2.80. The van der Waals surface area contributed by atoms with Crippen molar-refractivity contribution in [3.05, 3.63) is 61.7 Å². The van der Waals surface area contributed by atoms with E-state index in [1.807, 2.05) is 22.6 Å². The molecule has 0 saturated carbocycles. The third-order valence-electron chi connectivity index (χ3n) is 2.74. The molecule has 0 bridgehead atoms. The smallest absolute Gasteiger partial charge is 0.288 e. The van der Waals surface area contributed by atoms with E-state index >= 15 is 0 Å². The number of nitro benzene ring substituents is 1. The predicted molar refractivity (Wildman–Crippen MR) is 92.1 cm³/mol. The summed E-state index contributed by atoms with van der Waals surface area (Å²) in [6.45, 7) is 0. The molecule has 1 amide bonds. The van der Waals surface area contributed by atoms with Gasteiger partial charge in [0.25, 0.3) is 17.4 Å². The Balaban J connectivity index is 2.15. The topological polar surface area (TPSA) is 72.2 Å². The molecule has 23 heavy (non-hydrogen) atoms. The number of anilines is 1. The monoisotopic (exact) mass is 450 g/mol. The van der Waals surface area contributed by atoms with Crippen LogP contribution in [0.1, 0.15) is 10.4 Å². The van der Waals surface area contributed by atoms with Crippen LogP contribution in [0.25, 0.3) is 0 Å². The van der Waals surface area contributed by atoms with Crippen LogP contribution in [0.15, 0.2) is 47.4 Å². The van der Waals surface area contributed by atoms with Crippen LogP contribution in [0.4, 0.5) is 20.2 Å². The van der Waals surface area contributed by atoms with Gasteiger partial charge >= 0.3 is 0 Å². The molecule has 0 aliphatic heterocycles. The maximum Gasteiger partial charge on any atom is 0.288 e. The second-order valence-electron chi connectivity index (χ2n) is 4.28. The number of nitrogens with zero attached hydrogens (tertiary/aromatic N) is 1. The van der Waals surface area contributed by atoms with Crippen LogP contribution in [-0.4, -0.2) is 16.6 Å². The Kier molecular flexibility index (Phi) is 5.88. The Hall–Kier alpha value is -1.75. The van der Waals surface area contributed by atoms with Gasteiger partial charge in [-0.25, -0.2) is 0 Å². The van der Waals surface area contributed by atoms with E-state index in [9.17, 15) is 23.7 Å². The lowest BCUT2D eigenvalue weighted by Crippen LogP contribution is -2.13. The van der Waals surface area contributed by atoms with E-state index in [0.29, 0.717) is 25.9 Å². The van der Waals surface area contributed by atoms with E-state index in [0.717, 1.165) is 0 Å². The zero-order chi connectivity index (χ0) is 17.0. The highest BCUT2D eigenvalue weighted by molar-refractivity contribution is 14.1. The van der Waals surface area contributed by atoms with Gasteiger partial charge in [0.1, 0.15) is 0 Å². The highest BCUT2D eigenvalue weighted by atomic mass is 127. The molecule has 0 unspecified atom stereocenters. The summed E-state index contributed by atoms with van der Waals surface area (Å²) in [5.41, 5.74) is 0.404. The molecule has 0 radical (unpaired) electrons. The highest BCUT2D eigenvalue weighted by Crippen LogP contribution is 2.26. The van der Waals surface area contributed by atoms with Gasteiger partial charge in [-0.3, -0.25) is 14.9 Å². The highest BCUT2D eigenvalue weighted by Gasteiger charge is 2.15. The Morgan fingerprint density at radius 3 is 2.43 bits per heavy atom. The molecule has 9 heteroatoms. The van der Waals surface area contributed by atoms with E-state index in [4.69, 9.17) is 0 Å². The zero-order valence-electron chi connectivity index (χ0n) is 11.3. The average molecular weight is 450 g/mol. The predicted octanol–water partition coefficient (Wildman–Crippen LogP) is 4.77. The van der Waals surface area contributed by atoms with Gasteiger partial charge in [-0.2, -0.15) is 8.78 Å². The van der Waals surface area contributed by atoms with Crippen molar-refractivity contribution in [1.29, 1.82) is 0 Å². The Morgan fingerprint density at radius 1 is 1.22 bits per heavy atom. The number of hydrogen-bond donors (Lipinski definition) is 1. The summed E-state index contributed by atoms with van der Waals surface area (Å²) in [7, 11) is 0. The molecule has 0 atom stereocenters. The summed E-state index contributed by atoms with van der Waals surface area (Å²) < 4.78 is 25.0. The number of rotatable bonds is 5. The number of amides is 1. The molecular formula is C14H9F2IN2O3S. The number of halogens is 3. The summed E-state index contributed by atoms with van der Waals surface area (Å²) in [6, 6.07) is 9.90. The van der Waals surface area contributed by atoms with Crippen molar-refractivity contribution in [1.82, 2.24) is 0 Å².